The van der Waals surface area contributed by atoms with Crippen LogP contribution >= 0.6 is 11.6 Å². The molecule has 1 aliphatic rings. The number of carbonyl (C=O) groups excluding carboxylic acids is 2. The van der Waals surface area contributed by atoms with Gasteiger partial charge in [0.15, 0.2) is 17.4 Å². The van der Waals surface area contributed by atoms with Gasteiger partial charge in [0, 0.05) is 30.0 Å². The summed E-state index contributed by atoms with van der Waals surface area (Å²) in [7, 11) is 0. The lowest BCUT2D eigenvalue weighted by Crippen LogP contribution is -2.43. The number of halogens is 2. The molecule has 1 aliphatic heterocycles. The van der Waals surface area contributed by atoms with Crippen molar-refractivity contribution in [1.82, 2.24) is 35.3 Å². The lowest BCUT2D eigenvalue weighted by atomic mass is 9.83. The van der Waals surface area contributed by atoms with Crippen molar-refractivity contribution in [2.45, 2.75) is 18.9 Å². The van der Waals surface area contributed by atoms with E-state index >= 15 is 4.39 Å². The Hall–Kier alpha value is -6.21. The highest BCUT2D eigenvalue weighted by atomic mass is 35.5. The van der Waals surface area contributed by atoms with Gasteiger partial charge in [0.2, 0.25) is 5.91 Å². The Morgan fingerprint density at radius 3 is 2.65 bits per heavy atom. The van der Waals surface area contributed by atoms with Crippen LogP contribution in [0, 0.1) is 5.82 Å². The third kappa shape index (κ3) is 5.91. The van der Waals surface area contributed by atoms with Gasteiger partial charge in [0.1, 0.15) is 12.4 Å². The highest BCUT2D eigenvalue weighted by Crippen LogP contribution is 2.38. The van der Waals surface area contributed by atoms with Crippen LogP contribution in [0.1, 0.15) is 38.7 Å². The predicted octanol–water partition coefficient (Wildman–Crippen LogP) is 5.23. The fraction of sp³-hybridized carbons (Fsp3) is 0.114. The van der Waals surface area contributed by atoms with Crippen molar-refractivity contribution < 1.29 is 23.9 Å². The number of carboxylic acid groups (broad SMARTS) is 1. The molecule has 4 N–H and O–H groups in total. The molecule has 14 heteroatoms. The second-order valence-electron chi connectivity index (χ2n) is 11.5. The Kier molecular flexibility index (Phi) is 8.18. The number of rotatable bonds is 8. The van der Waals surface area contributed by atoms with Crippen LogP contribution in [0.4, 0.5) is 10.2 Å². The standard InChI is InChI=1S/C35H26ClFN8O4/c36-27-11-12-29(45-18-39-42-43-45)26(32(27)37)10-13-31(47)44-15-14-23-22(21-8-9-25-28(17-21)40-41-34(25)38)2-1-3-24(23)33(44)30(46)16-19-4-6-20(7-5-19)35(48)49/h1-13,17-18,33H,14-16H2,(H,48,49)(H3,38,40,41)/b13-10+. The summed E-state index contributed by atoms with van der Waals surface area (Å²) in [6, 6.07) is 19.3. The number of aromatic amines is 1. The molecule has 7 rings (SSSR count). The van der Waals surface area contributed by atoms with Crippen molar-refractivity contribution in [3.63, 3.8) is 0 Å². The van der Waals surface area contributed by atoms with E-state index in [9.17, 15) is 19.5 Å². The Bertz CT molecular complexity index is 2290. The summed E-state index contributed by atoms with van der Waals surface area (Å²) >= 11 is 6.08. The van der Waals surface area contributed by atoms with Crippen LogP contribution in [0.5, 0.6) is 0 Å². The van der Waals surface area contributed by atoms with Gasteiger partial charge in [-0.3, -0.25) is 14.7 Å². The van der Waals surface area contributed by atoms with E-state index in [1.165, 1.54) is 52.3 Å². The van der Waals surface area contributed by atoms with Crippen LogP contribution in [0.15, 0.2) is 85.2 Å². The monoisotopic (exact) mass is 676 g/mol. The van der Waals surface area contributed by atoms with E-state index in [0.717, 1.165) is 27.6 Å². The van der Waals surface area contributed by atoms with Crippen LogP contribution < -0.4 is 5.73 Å². The summed E-state index contributed by atoms with van der Waals surface area (Å²) in [5, 5.41) is 28.0. The van der Waals surface area contributed by atoms with Gasteiger partial charge >= 0.3 is 5.97 Å². The van der Waals surface area contributed by atoms with Gasteiger partial charge in [0.25, 0.3) is 0 Å². The van der Waals surface area contributed by atoms with Crippen LogP contribution in [0.2, 0.25) is 5.02 Å². The van der Waals surface area contributed by atoms with Gasteiger partial charge in [-0.05, 0) is 87.1 Å². The zero-order chi connectivity index (χ0) is 34.2. The fourth-order valence-electron chi connectivity index (χ4n) is 6.23. The quantitative estimate of drug-likeness (QED) is 0.183. The molecular formula is C35H26ClFN8O4. The minimum Gasteiger partial charge on any atom is -0.478 e. The number of hydrogen-bond acceptors (Lipinski definition) is 8. The number of Topliss-reactive ketones (excluding diaryl/α,β-unsaturated/α-hetero) is 1. The van der Waals surface area contributed by atoms with E-state index in [4.69, 9.17) is 17.3 Å². The first-order chi connectivity index (χ1) is 23.7. The first-order valence-corrected chi connectivity index (χ1v) is 15.5. The molecule has 0 aliphatic carbocycles. The Morgan fingerprint density at radius 1 is 1.08 bits per heavy atom. The molecule has 1 unspecified atom stereocenters. The van der Waals surface area contributed by atoms with Gasteiger partial charge in [-0.25, -0.2) is 9.18 Å². The molecule has 2 aromatic heterocycles. The van der Waals surface area contributed by atoms with Crippen LogP contribution in [0.25, 0.3) is 33.8 Å². The molecule has 3 heterocycles. The van der Waals surface area contributed by atoms with Crippen molar-refractivity contribution in [3.8, 4) is 16.8 Å². The SMILES string of the molecule is Nc1n[nH]c2cc(-c3cccc4c3CCN(C(=O)/C=C/c3c(-n5cnnn5)ccc(Cl)c3F)C4C(=O)Cc3ccc(C(=O)O)cc3)ccc12. The van der Waals surface area contributed by atoms with Crippen molar-refractivity contribution in [1.29, 1.82) is 0 Å². The molecule has 0 bridgehead atoms. The van der Waals surface area contributed by atoms with E-state index in [2.05, 4.69) is 25.7 Å². The normalized spacial score (nSPS) is 14.3. The number of amides is 1. The van der Waals surface area contributed by atoms with E-state index in [0.29, 0.717) is 23.4 Å². The number of tetrazole rings is 1. The van der Waals surface area contributed by atoms with E-state index in [-0.39, 0.29) is 40.6 Å². The summed E-state index contributed by atoms with van der Waals surface area (Å²) < 4.78 is 16.5. The number of nitrogen functional groups attached to an aromatic ring is 1. The van der Waals surface area contributed by atoms with Gasteiger partial charge in [-0.2, -0.15) is 9.78 Å². The fourth-order valence-corrected chi connectivity index (χ4v) is 6.40. The van der Waals surface area contributed by atoms with Crippen molar-refractivity contribution in [2.24, 2.45) is 0 Å². The third-order valence-electron chi connectivity index (χ3n) is 8.59. The maximum atomic E-state index is 15.3. The Morgan fingerprint density at radius 2 is 1.90 bits per heavy atom. The smallest absolute Gasteiger partial charge is 0.335 e. The molecule has 0 saturated carbocycles. The molecular weight excluding hydrogens is 651 g/mol. The number of nitrogens with zero attached hydrogens (tertiary/aromatic N) is 6. The Balaban J connectivity index is 1.27. The number of aromatic nitrogens is 6. The molecule has 244 valence electrons. The highest BCUT2D eigenvalue weighted by Gasteiger charge is 2.36. The van der Waals surface area contributed by atoms with Crippen LogP contribution in [-0.4, -0.2) is 64.6 Å². The number of aromatic carboxylic acids is 1. The molecule has 1 amide bonds. The minimum absolute atomic E-state index is 0.0101. The summed E-state index contributed by atoms with van der Waals surface area (Å²) in [4.78, 5) is 41.0. The van der Waals surface area contributed by atoms with Crippen LogP contribution in [-0.2, 0) is 22.4 Å². The number of hydrogen-bond donors (Lipinski definition) is 3. The maximum absolute atomic E-state index is 15.3. The van der Waals surface area contributed by atoms with Crippen molar-refractivity contribution >= 4 is 52.1 Å². The molecule has 6 aromatic rings. The average Bonchev–Trinajstić information content (AvgIpc) is 3.78. The molecule has 0 saturated heterocycles. The Labute approximate surface area is 282 Å². The van der Waals surface area contributed by atoms with E-state index in [1.807, 2.05) is 36.4 Å². The van der Waals surface area contributed by atoms with Gasteiger partial charge in [-0.15, -0.1) is 5.10 Å². The summed E-state index contributed by atoms with van der Waals surface area (Å²) in [5.41, 5.74) is 11.0. The lowest BCUT2D eigenvalue weighted by molar-refractivity contribution is -0.136. The van der Waals surface area contributed by atoms with Crippen molar-refractivity contribution in [2.75, 3.05) is 12.3 Å². The average molecular weight is 677 g/mol. The first kappa shape index (κ1) is 31.4. The van der Waals surface area contributed by atoms with E-state index in [1.54, 1.807) is 12.1 Å². The van der Waals surface area contributed by atoms with Crippen LogP contribution in [0.3, 0.4) is 0 Å². The number of ketones is 1. The number of fused-ring (bicyclic) bond motifs is 2. The van der Waals surface area contributed by atoms with Gasteiger partial charge in [0.05, 0.1) is 21.8 Å². The minimum atomic E-state index is -1.08. The largest absolute Gasteiger partial charge is 0.478 e. The molecule has 0 spiro atoms. The number of carbonyl (C=O) groups is 3. The van der Waals surface area contributed by atoms with Gasteiger partial charge < -0.3 is 15.7 Å². The summed E-state index contributed by atoms with van der Waals surface area (Å²) in [6.07, 6.45) is 4.16. The van der Waals surface area contributed by atoms with E-state index < -0.39 is 23.7 Å². The molecule has 0 radical (unpaired) electrons. The second-order valence-corrected chi connectivity index (χ2v) is 11.9. The number of anilines is 1. The first-order valence-electron chi connectivity index (χ1n) is 15.1. The zero-order valence-corrected chi connectivity index (χ0v) is 26.3. The lowest BCUT2D eigenvalue weighted by Gasteiger charge is -2.37. The number of nitrogens with two attached hydrogens (primary N) is 1. The number of benzene rings is 4. The molecule has 49 heavy (non-hydrogen) atoms. The summed E-state index contributed by atoms with van der Waals surface area (Å²) in [5.74, 6) is -2.25. The van der Waals surface area contributed by atoms with Crippen molar-refractivity contribution in [3.05, 3.63) is 124 Å². The third-order valence-corrected chi connectivity index (χ3v) is 8.88. The second kappa shape index (κ2) is 12.8. The predicted molar refractivity (Wildman–Crippen MR) is 179 cm³/mol. The molecule has 1 atom stereocenters. The number of carboxylic acids is 1. The number of H-pyrrole nitrogens is 1. The highest BCUT2D eigenvalue weighted by molar-refractivity contribution is 6.31. The van der Waals surface area contributed by atoms with Gasteiger partial charge in [-0.1, -0.05) is 48.0 Å². The summed E-state index contributed by atoms with van der Waals surface area (Å²) in [6.45, 7) is 0.193. The zero-order valence-electron chi connectivity index (χ0n) is 25.5. The maximum Gasteiger partial charge on any atom is 0.335 e. The number of nitrogens with one attached hydrogen (secondary N) is 1. The molecule has 12 nitrogen and oxygen atoms in total. The molecule has 4 aromatic carbocycles. The topological polar surface area (TPSA) is 173 Å². The molecule has 0 fully saturated rings.